The van der Waals surface area contributed by atoms with Crippen molar-refractivity contribution in [3.05, 3.63) is 53.9 Å². The number of likely N-dealkylation sites (tertiary alicyclic amines) is 1. The smallest absolute Gasteiger partial charge is 0.410 e. The summed E-state index contributed by atoms with van der Waals surface area (Å²) in [6, 6.07) is 12.6. The summed E-state index contributed by atoms with van der Waals surface area (Å²) in [5.74, 6) is 0.590. The van der Waals surface area contributed by atoms with Gasteiger partial charge in [0, 0.05) is 38.1 Å². The Kier molecular flexibility index (Phi) is 5.67. The number of carbonyl (C=O) groups excluding carboxylic acids is 1. The third kappa shape index (κ3) is 4.38. The lowest BCUT2D eigenvalue weighted by Crippen LogP contribution is -2.65. The van der Waals surface area contributed by atoms with E-state index in [-0.39, 0.29) is 24.3 Å². The van der Waals surface area contributed by atoms with Crippen molar-refractivity contribution in [3.63, 3.8) is 0 Å². The Hall–Kier alpha value is -3.18. The van der Waals surface area contributed by atoms with Gasteiger partial charge in [-0.1, -0.05) is 30.3 Å². The number of nitriles is 1. The van der Waals surface area contributed by atoms with Gasteiger partial charge < -0.3 is 9.64 Å². The van der Waals surface area contributed by atoms with Crippen LogP contribution in [0, 0.1) is 16.7 Å². The van der Waals surface area contributed by atoms with Crippen LogP contribution < -0.4 is 4.90 Å². The molecule has 2 aliphatic heterocycles. The van der Waals surface area contributed by atoms with E-state index in [1.54, 1.807) is 0 Å². The molecule has 1 aromatic carbocycles. The molecular weight excluding hydrogens is 416 g/mol. The monoisotopic (exact) mass is 446 g/mol. The molecule has 2 saturated heterocycles. The van der Waals surface area contributed by atoms with Gasteiger partial charge in [0.05, 0.1) is 30.0 Å². The quantitative estimate of drug-likeness (QED) is 0.713. The van der Waals surface area contributed by atoms with Gasteiger partial charge in [0.2, 0.25) is 5.95 Å². The van der Waals surface area contributed by atoms with Gasteiger partial charge in [-0.05, 0) is 32.3 Å². The second-order valence-electron chi connectivity index (χ2n) is 9.94. The first-order chi connectivity index (χ1) is 15.9. The first-order valence-electron chi connectivity index (χ1n) is 11.7. The van der Waals surface area contributed by atoms with Crippen LogP contribution in [0.2, 0.25) is 0 Å². The summed E-state index contributed by atoms with van der Waals surface area (Å²) in [4.78, 5) is 28.0. The van der Waals surface area contributed by atoms with Crippen LogP contribution in [0.4, 0.5) is 10.7 Å². The fourth-order valence-corrected chi connectivity index (χ4v) is 5.70. The van der Waals surface area contributed by atoms with Crippen LogP contribution in [0.3, 0.4) is 0 Å². The summed E-state index contributed by atoms with van der Waals surface area (Å²) in [5, 5.41) is 8.94. The molecule has 1 aliphatic carbocycles. The number of rotatable bonds is 4. The van der Waals surface area contributed by atoms with Crippen molar-refractivity contribution in [2.75, 3.05) is 31.1 Å². The van der Waals surface area contributed by atoms with E-state index in [1.807, 2.05) is 30.9 Å². The fourth-order valence-electron chi connectivity index (χ4n) is 5.70. The highest BCUT2D eigenvalue weighted by Gasteiger charge is 2.54. The number of hydrogen-bond donors (Lipinski definition) is 0. The van der Waals surface area contributed by atoms with Crippen molar-refractivity contribution in [1.82, 2.24) is 19.8 Å². The van der Waals surface area contributed by atoms with Gasteiger partial charge in [-0.3, -0.25) is 9.80 Å². The molecule has 0 radical (unpaired) electrons. The summed E-state index contributed by atoms with van der Waals surface area (Å²) in [6.45, 7) is 8.50. The molecule has 172 valence electrons. The maximum absolute atomic E-state index is 13.0. The van der Waals surface area contributed by atoms with Gasteiger partial charge in [0.1, 0.15) is 12.2 Å². The van der Waals surface area contributed by atoms with Crippen LogP contribution in [0.5, 0.6) is 0 Å². The van der Waals surface area contributed by atoms with Gasteiger partial charge in [-0.2, -0.15) is 5.26 Å². The van der Waals surface area contributed by atoms with E-state index >= 15 is 0 Å². The molecule has 8 heteroatoms. The minimum atomic E-state index is -0.212. The zero-order chi connectivity index (χ0) is 23.0. The standard InChI is InChI=1S/C25H30N6O2/c1-18-13-30(23-27-11-21(10-26)12-28-23)14-19(2)31(18)24(32)33-22-8-25(9-22)16-29(17-25)15-20-6-4-3-5-7-20/h3-7,11-12,18-19,22H,8-9,13-17H2,1-2H3/t18-,19-/m1/s1. The van der Waals surface area contributed by atoms with E-state index in [9.17, 15) is 4.79 Å². The molecule has 0 bridgehead atoms. The third-order valence-electron chi connectivity index (χ3n) is 7.14. The lowest BCUT2D eigenvalue weighted by atomic mass is 9.61. The Bertz CT molecular complexity index is 1010. The Morgan fingerprint density at radius 2 is 1.76 bits per heavy atom. The van der Waals surface area contributed by atoms with Crippen molar-refractivity contribution in [2.45, 2.75) is 51.4 Å². The lowest BCUT2D eigenvalue weighted by Gasteiger charge is -2.58. The Morgan fingerprint density at radius 1 is 1.12 bits per heavy atom. The highest BCUT2D eigenvalue weighted by molar-refractivity contribution is 5.69. The first-order valence-corrected chi connectivity index (χ1v) is 11.7. The summed E-state index contributed by atoms with van der Waals surface area (Å²) >= 11 is 0. The van der Waals surface area contributed by atoms with E-state index in [4.69, 9.17) is 10.00 Å². The number of anilines is 1. The molecule has 1 spiro atoms. The predicted molar refractivity (Wildman–Crippen MR) is 123 cm³/mol. The molecule has 1 saturated carbocycles. The number of piperazine rings is 1. The molecule has 0 N–H and O–H groups in total. The maximum Gasteiger partial charge on any atom is 0.410 e. The fraction of sp³-hybridized carbons (Fsp3) is 0.520. The predicted octanol–water partition coefficient (Wildman–Crippen LogP) is 3.05. The average molecular weight is 447 g/mol. The van der Waals surface area contributed by atoms with Gasteiger partial charge >= 0.3 is 6.09 Å². The minimum Gasteiger partial charge on any atom is -0.446 e. The van der Waals surface area contributed by atoms with E-state index in [0.717, 1.165) is 32.5 Å². The molecule has 1 aromatic heterocycles. The highest BCUT2D eigenvalue weighted by atomic mass is 16.6. The lowest BCUT2D eigenvalue weighted by molar-refractivity contribution is -0.137. The molecule has 33 heavy (non-hydrogen) atoms. The van der Waals surface area contributed by atoms with Crippen LogP contribution >= 0.6 is 0 Å². The number of aromatic nitrogens is 2. The van der Waals surface area contributed by atoms with Crippen molar-refractivity contribution in [3.8, 4) is 6.07 Å². The molecule has 5 rings (SSSR count). The summed E-state index contributed by atoms with van der Waals surface area (Å²) < 4.78 is 5.91. The number of hydrogen-bond acceptors (Lipinski definition) is 7. The second kappa shape index (κ2) is 8.64. The van der Waals surface area contributed by atoms with Crippen molar-refractivity contribution >= 4 is 12.0 Å². The number of amides is 1. The Labute approximate surface area is 194 Å². The zero-order valence-corrected chi connectivity index (χ0v) is 19.2. The van der Waals surface area contributed by atoms with Crippen LogP contribution in [0.15, 0.2) is 42.7 Å². The molecule has 3 heterocycles. The molecule has 1 amide bonds. The van der Waals surface area contributed by atoms with Gasteiger partial charge in [0.25, 0.3) is 0 Å². The van der Waals surface area contributed by atoms with E-state index in [2.05, 4.69) is 44.0 Å². The van der Waals surface area contributed by atoms with E-state index in [1.165, 1.54) is 18.0 Å². The second-order valence-corrected chi connectivity index (χ2v) is 9.94. The number of nitrogens with zero attached hydrogens (tertiary/aromatic N) is 6. The maximum atomic E-state index is 13.0. The van der Waals surface area contributed by atoms with Gasteiger partial charge in [-0.15, -0.1) is 0 Å². The third-order valence-corrected chi connectivity index (χ3v) is 7.14. The van der Waals surface area contributed by atoms with Crippen molar-refractivity contribution in [2.24, 2.45) is 5.41 Å². The molecule has 3 aliphatic rings. The minimum absolute atomic E-state index is 0.0143. The molecule has 2 aromatic rings. The number of ether oxygens (including phenoxy) is 1. The van der Waals surface area contributed by atoms with Crippen molar-refractivity contribution in [1.29, 1.82) is 5.26 Å². The molecular formula is C25H30N6O2. The van der Waals surface area contributed by atoms with Gasteiger partial charge in [-0.25, -0.2) is 14.8 Å². The van der Waals surface area contributed by atoms with Crippen molar-refractivity contribution < 1.29 is 9.53 Å². The molecule has 3 fully saturated rings. The molecule has 8 nitrogen and oxygen atoms in total. The Balaban J connectivity index is 1.09. The topological polar surface area (TPSA) is 85.6 Å². The Morgan fingerprint density at radius 3 is 2.36 bits per heavy atom. The average Bonchev–Trinajstić information content (AvgIpc) is 2.76. The molecule has 0 unspecified atom stereocenters. The van der Waals surface area contributed by atoms with Crippen LogP contribution in [0.25, 0.3) is 0 Å². The van der Waals surface area contributed by atoms with Crippen LogP contribution in [-0.4, -0.2) is 70.2 Å². The zero-order valence-electron chi connectivity index (χ0n) is 19.2. The summed E-state index contributed by atoms with van der Waals surface area (Å²) in [6.07, 6.45) is 4.81. The largest absolute Gasteiger partial charge is 0.446 e. The normalized spacial score (nSPS) is 24.6. The summed E-state index contributed by atoms with van der Waals surface area (Å²) in [5.41, 5.74) is 2.13. The summed E-state index contributed by atoms with van der Waals surface area (Å²) in [7, 11) is 0. The first kappa shape index (κ1) is 21.7. The van der Waals surface area contributed by atoms with Crippen LogP contribution in [0.1, 0.15) is 37.8 Å². The SMILES string of the molecule is C[C@@H]1CN(c2ncc(C#N)cn2)C[C@@H](C)N1C(=O)OC1CC2(C1)CN(Cc1ccccc1)C2. The van der Waals surface area contributed by atoms with Gasteiger partial charge in [0.15, 0.2) is 0 Å². The molecule has 2 atom stereocenters. The number of carbonyl (C=O) groups is 1. The highest BCUT2D eigenvalue weighted by Crippen LogP contribution is 2.50. The number of benzene rings is 1. The van der Waals surface area contributed by atoms with Crippen LogP contribution in [-0.2, 0) is 11.3 Å². The van der Waals surface area contributed by atoms with E-state index < -0.39 is 0 Å². The van der Waals surface area contributed by atoms with E-state index in [0.29, 0.717) is 30.0 Å².